The molecule has 0 aliphatic carbocycles. The first kappa shape index (κ1) is 10.1. The predicted octanol–water partition coefficient (Wildman–Crippen LogP) is 1.40. The molecule has 0 spiro atoms. The van der Waals surface area contributed by atoms with Crippen LogP contribution in [0.4, 0.5) is 0 Å². The lowest BCUT2D eigenvalue weighted by atomic mass is 10.1. The molecule has 0 aromatic heterocycles. The van der Waals surface area contributed by atoms with E-state index in [0.717, 1.165) is 6.42 Å². The number of nitrogens with two attached hydrogens (primary N) is 1. The second-order valence-electron chi connectivity index (χ2n) is 2.94. The number of amides is 1. The van der Waals surface area contributed by atoms with E-state index in [1.54, 1.807) is 0 Å². The normalized spacial score (nSPS) is 12.4. The van der Waals surface area contributed by atoms with Crippen molar-refractivity contribution in [2.75, 3.05) is 0 Å². The molecular weight excluding hydrogens is 182 g/mol. The monoisotopic (exact) mass is 195 g/mol. The zero-order valence-electron chi connectivity index (χ0n) is 7.31. The van der Waals surface area contributed by atoms with Crippen molar-refractivity contribution in [3.05, 3.63) is 35.9 Å². The first-order valence-corrected chi connectivity index (χ1v) is 4.73. The number of hydrogen-bond donors (Lipinski definition) is 2. The van der Waals surface area contributed by atoms with Gasteiger partial charge in [-0.3, -0.25) is 4.79 Å². The SMILES string of the molecule is NC(=O)[C@@H](S)CCc1ccccc1. The van der Waals surface area contributed by atoms with Gasteiger partial charge < -0.3 is 5.73 Å². The average molecular weight is 195 g/mol. The van der Waals surface area contributed by atoms with Gasteiger partial charge in [0, 0.05) is 0 Å². The molecule has 1 amide bonds. The third-order valence-corrected chi connectivity index (χ3v) is 2.39. The molecule has 0 unspecified atom stereocenters. The molecule has 1 aromatic carbocycles. The van der Waals surface area contributed by atoms with Gasteiger partial charge in [0.25, 0.3) is 0 Å². The predicted molar refractivity (Wildman–Crippen MR) is 56.7 cm³/mol. The third kappa shape index (κ3) is 3.51. The molecule has 1 aromatic rings. The summed E-state index contributed by atoms with van der Waals surface area (Å²) in [6.45, 7) is 0. The van der Waals surface area contributed by atoms with Gasteiger partial charge in [-0.1, -0.05) is 30.3 Å². The Hall–Kier alpha value is -0.960. The van der Waals surface area contributed by atoms with Crippen molar-refractivity contribution in [2.45, 2.75) is 18.1 Å². The number of rotatable bonds is 4. The first-order valence-electron chi connectivity index (χ1n) is 4.21. The topological polar surface area (TPSA) is 43.1 Å². The van der Waals surface area contributed by atoms with Crippen LogP contribution in [0.1, 0.15) is 12.0 Å². The number of aryl methyl sites for hydroxylation is 1. The summed E-state index contributed by atoms with van der Waals surface area (Å²) in [6.07, 6.45) is 1.54. The molecule has 70 valence electrons. The van der Waals surface area contributed by atoms with Crippen LogP contribution in [0.15, 0.2) is 30.3 Å². The van der Waals surface area contributed by atoms with Gasteiger partial charge >= 0.3 is 0 Å². The highest BCUT2D eigenvalue weighted by Gasteiger charge is 2.08. The van der Waals surface area contributed by atoms with Gasteiger partial charge in [0.15, 0.2) is 0 Å². The maximum absolute atomic E-state index is 10.7. The molecule has 0 saturated heterocycles. The van der Waals surface area contributed by atoms with Crippen molar-refractivity contribution in [2.24, 2.45) is 5.73 Å². The minimum Gasteiger partial charge on any atom is -0.369 e. The van der Waals surface area contributed by atoms with E-state index in [1.807, 2.05) is 30.3 Å². The number of benzene rings is 1. The van der Waals surface area contributed by atoms with Crippen LogP contribution in [-0.4, -0.2) is 11.2 Å². The Morgan fingerprint density at radius 2 is 2.00 bits per heavy atom. The molecule has 0 radical (unpaired) electrons. The molecule has 3 heteroatoms. The van der Waals surface area contributed by atoms with E-state index in [-0.39, 0.29) is 11.2 Å². The Morgan fingerprint density at radius 3 is 2.54 bits per heavy atom. The van der Waals surface area contributed by atoms with Gasteiger partial charge in [-0.05, 0) is 18.4 Å². The molecular formula is C10H13NOS. The third-order valence-electron chi connectivity index (χ3n) is 1.88. The van der Waals surface area contributed by atoms with E-state index in [2.05, 4.69) is 12.6 Å². The summed E-state index contributed by atoms with van der Waals surface area (Å²) in [7, 11) is 0. The molecule has 2 N–H and O–H groups in total. The molecule has 0 aliphatic rings. The number of primary amides is 1. The molecule has 0 aliphatic heterocycles. The van der Waals surface area contributed by atoms with Gasteiger partial charge in [0.2, 0.25) is 5.91 Å². The largest absolute Gasteiger partial charge is 0.369 e. The summed E-state index contributed by atoms with van der Waals surface area (Å²) in [5.41, 5.74) is 6.30. The van der Waals surface area contributed by atoms with Crippen LogP contribution >= 0.6 is 12.6 Å². The van der Waals surface area contributed by atoms with E-state index in [9.17, 15) is 4.79 Å². The van der Waals surface area contributed by atoms with Gasteiger partial charge in [-0.15, -0.1) is 0 Å². The van der Waals surface area contributed by atoms with Crippen LogP contribution in [0.5, 0.6) is 0 Å². The van der Waals surface area contributed by atoms with Crippen LogP contribution in [-0.2, 0) is 11.2 Å². The molecule has 0 heterocycles. The maximum atomic E-state index is 10.7. The molecule has 0 saturated carbocycles. The summed E-state index contributed by atoms with van der Waals surface area (Å²) in [4.78, 5) is 10.7. The van der Waals surface area contributed by atoms with Crippen molar-refractivity contribution in [1.29, 1.82) is 0 Å². The van der Waals surface area contributed by atoms with Crippen LogP contribution in [0.2, 0.25) is 0 Å². The minimum atomic E-state index is -0.348. The fourth-order valence-electron chi connectivity index (χ4n) is 1.09. The van der Waals surface area contributed by atoms with Gasteiger partial charge in [0.1, 0.15) is 0 Å². The molecule has 2 nitrogen and oxygen atoms in total. The van der Waals surface area contributed by atoms with Crippen molar-refractivity contribution >= 4 is 18.5 Å². The summed E-state index contributed by atoms with van der Waals surface area (Å²) in [5.74, 6) is -0.348. The minimum absolute atomic E-state index is 0.333. The van der Waals surface area contributed by atoms with Crippen LogP contribution in [0.25, 0.3) is 0 Å². The van der Waals surface area contributed by atoms with Crippen molar-refractivity contribution in [3.63, 3.8) is 0 Å². The number of hydrogen-bond acceptors (Lipinski definition) is 2. The molecule has 13 heavy (non-hydrogen) atoms. The zero-order chi connectivity index (χ0) is 9.68. The summed E-state index contributed by atoms with van der Waals surface area (Å²) < 4.78 is 0. The van der Waals surface area contributed by atoms with Crippen molar-refractivity contribution < 1.29 is 4.79 Å². The highest BCUT2D eigenvalue weighted by atomic mass is 32.1. The van der Waals surface area contributed by atoms with Gasteiger partial charge in [-0.25, -0.2) is 0 Å². The fourth-order valence-corrected chi connectivity index (χ4v) is 1.22. The lowest BCUT2D eigenvalue weighted by Gasteiger charge is -2.05. The Morgan fingerprint density at radius 1 is 1.38 bits per heavy atom. The van der Waals surface area contributed by atoms with E-state index in [0.29, 0.717) is 6.42 Å². The second kappa shape index (κ2) is 4.92. The van der Waals surface area contributed by atoms with Crippen LogP contribution < -0.4 is 5.73 Å². The zero-order valence-corrected chi connectivity index (χ0v) is 8.21. The average Bonchev–Trinajstić information content (AvgIpc) is 2.15. The molecule has 1 rings (SSSR count). The second-order valence-corrected chi connectivity index (χ2v) is 3.57. The van der Waals surface area contributed by atoms with E-state index < -0.39 is 0 Å². The Balaban J connectivity index is 2.39. The highest BCUT2D eigenvalue weighted by molar-refractivity contribution is 7.81. The summed E-state index contributed by atoms with van der Waals surface area (Å²) in [6, 6.07) is 9.99. The van der Waals surface area contributed by atoms with Gasteiger partial charge in [-0.2, -0.15) is 12.6 Å². The number of carbonyl (C=O) groups excluding carboxylic acids is 1. The smallest absolute Gasteiger partial charge is 0.230 e. The molecule has 0 bridgehead atoms. The van der Waals surface area contributed by atoms with E-state index in [1.165, 1.54) is 5.56 Å². The lowest BCUT2D eigenvalue weighted by molar-refractivity contribution is -0.117. The van der Waals surface area contributed by atoms with Crippen LogP contribution in [0.3, 0.4) is 0 Å². The van der Waals surface area contributed by atoms with Crippen molar-refractivity contribution in [1.82, 2.24) is 0 Å². The fraction of sp³-hybridized carbons (Fsp3) is 0.300. The summed E-state index contributed by atoms with van der Waals surface area (Å²) in [5, 5.41) is -0.333. The van der Waals surface area contributed by atoms with Gasteiger partial charge in [0.05, 0.1) is 5.25 Å². The van der Waals surface area contributed by atoms with E-state index >= 15 is 0 Å². The number of carbonyl (C=O) groups is 1. The van der Waals surface area contributed by atoms with E-state index in [4.69, 9.17) is 5.73 Å². The maximum Gasteiger partial charge on any atom is 0.230 e. The Labute approximate surface area is 83.5 Å². The Bertz CT molecular complexity index is 274. The Kier molecular flexibility index (Phi) is 3.83. The molecule has 0 fully saturated rings. The van der Waals surface area contributed by atoms with Crippen molar-refractivity contribution in [3.8, 4) is 0 Å². The van der Waals surface area contributed by atoms with Crippen LogP contribution in [0, 0.1) is 0 Å². The highest BCUT2D eigenvalue weighted by Crippen LogP contribution is 2.08. The first-order chi connectivity index (χ1) is 6.20. The standard InChI is InChI=1S/C10H13NOS/c11-10(12)9(13)7-6-8-4-2-1-3-5-8/h1-5,9,13H,6-7H2,(H2,11,12)/t9-/m0/s1. The number of thiol groups is 1. The quantitative estimate of drug-likeness (QED) is 0.701. The molecule has 1 atom stereocenters. The summed E-state index contributed by atoms with van der Waals surface area (Å²) >= 11 is 4.08. The lowest BCUT2D eigenvalue weighted by Crippen LogP contribution is -2.24.